The quantitative estimate of drug-likeness (QED) is 0.829. The second-order valence-electron chi connectivity index (χ2n) is 6.19. The fourth-order valence-electron chi connectivity index (χ4n) is 2.62. The van der Waals surface area contributed by atoms with Gasteiger partial charge in [0.2, 0.25) is 0 Å². The first-order valence-electron chi connectivity index (χ1n) is 7.72. The molecule has 1 aromatic heterocycles. The number of rotatable bonds is 7. The summed E-state index contributed by atoms with van der Waals surface area (Å²) in [6.07, 6.45) is 3.86. The van der Waals surface area contributed by atoms with Gasteiger partial charge in [-0.3, -0.25) is 4.68 Å². The van der Waals surface area contributed by atoms with Crippen LogP contribution in [0.3, 0.4) is 0 Å². The molecule has 0 aliphatic carbocycles. The van der Waals surface area contributed by atoms with Gasteiger partial charge in [-0.25, -0.2) is 0 Å². The zero-order chi connectivity index (χ0) is 14.5. The Morgan fingerprint density at radius 3 is 2.65 bits per heavy atom. The van der Waals surface area contributed by atoms with E-state index >= 15 is 0 Å². The summed E-state index contributed by atoms with van der Waals surface area (Å²) in [5.74, 6) is 0.807. The third-order valence-corrected chi connectivity index (χ3v) is 3.87. The van der Waals surface area contributed by atoms with Crippen LogP contribution >= 0.6 is 0 Å². The predicted molar refractivity (Wildman–Crippen MR) is 85.7 cm³/mol. The first kappa shape index (κ1) is 15.0. The molecule has 0 aliphatic rings. The topological polar surface area (TPSA) is 29.9 Å². The molecule has 0 bridgehead atoms. The lowest BCUT2D eigenvalue weighted by atomic mass is 10.0. The molecule has 1 unspecified atom stereocenters. The summed E-state index contributed by atoms with van der Waals surface area (Å²) < 4.78 is 1.97. The van der Waals surface area contributed by atoms with Crippen molar-refractivity contribution >= 4 is 10.9 Å². The summed E-state index contributed by atoms with van der Waals surface area (Å²) in [6, 6.07) is 8.98. The van der Waals surface area contributed by atoms with Crippen molar-refractivity contribution in [3.8, 4) is 0 Å². The van der Waals surface area contributed by atoms with Crippen LogP contribution in [0.5, 0.6) is 0 Å². The van der Waals surface area contributed by atoms with Crippen LogP contribution in [0.4, 0.5) is 0 Å². The highest BCUT2D eigenvalue weighted by atomic mass is 15.3. The van der Waals surface area contributed by atoms with Crippen molar-refractivity contribution in [2.45, 2.75) is 52.6 Å². The number of fused-ring (bicyclic) bond motifs is 1. The molecular formula is C17H27N3. The maximum absolute atomic E-state index is 4.62. The number of aryl methyl sites for hydroxylation is 1. The second kappa shape index (κ2) is 6.89. The van der Waals surface area contributed by atoms with Crippen LogP contribution in [0.15, 0.2) is 24.3 Å². The van der Waals surface area contributed by atoms with Gasteiger partial charge in [0, 0.05) is 25.0 Å². The van der Waals surface area contributed by atoms with E-state index in [1.165, 1.54) is 30.2 Å². The van der Waals surface area contributed by atoms with Gasteiger partial charge in [0.25, 0.3) is 0 Å². The fraction of sp³-hybridized carbons (Fsp3) is 0.588. The molecule has 0 amide bonds. The maximum atomic E-state index is 4.62. The van der Waals surface area contributed by atoms with E-state index in [-0.39, 0.29) is 0 Å². The van der Waals surface area contributed by atoms with E-state index in [0.29, 0.717) is 6.04 Å². The van der Waals surface area contributed by atoms with Crippen LogP contribution in [0.25, 0.3) is 10.9 Å². The Morgan fingerprint density at radius 1 is 1.15 bits per heavy atom. The summed E-state index contributed by atoms with van der Waals surface area (Å²) >= 11 is 0. The third-order valence-electron chi connectivity index (χ3n) is 3.87. The minimum atomic E-state index is 0.550. The van der Waals surface area contributed by atoms with Crippen molar-refractivity contribution in [1.82, 2.24) is 15.1 Å². The van der Waals surface area contributed by atoms with Crippen molar-refractivity contribution in [3.05, 3.63) is 30.0 Å². The Hall–Kier alpha value is -1.35. The number of benzene rings is 1. The van der Waals surface area contributed by atoms with Gasteiger partial charge >= 0.3 is 0 Å². The fourth-order valence-corrected chi connectivity index (χ4v) is 2.62. The van der Waals surface area contributed by atoms with Crippen LogP contribution < -0.4 is 5.32 Å². The molecule has 1 atom stereocenters. The highest BCUT2D eigenvalue weighted by Gasteiger charge is 2.09. The van der Waals surface area contributed by atoms with Crippen LogP contribution in [0.2, 0.25) is 0 Å². The molecule has 3 nitrogen and oxygen atoms in total. The second-order valence-corrected chi connectivity index (χ2v) is 6.19. The van der Waals surface area contributed by atoms with Crippen LogP contribution in [0.1, 0.15) is 45.7 Å². The van der Waals surface area contributed by atoms with E-state index in [4.69, 9.17) is 0 Å². The van der Waals surface area contributed by atoms with Crippen LogP contribution in [-0.2, 0) is 13.6 Å². The number of aromatic nitrogens is 2. The minimum Gasteiger partial charge on any atom is -0.309 e. The Bertz CT molecular complexity index is 542. The zero-order valence-corrected chi connectivity index (χ0v) is 13.2. The van der Waals surface area contributed by atoms with E-state index in [1.807, 2.05) is 11.7 Å². The number of hydrogen-bond acceptors (Lipinski definition) is 2. The van der Waals surface area contributed by atoms with E-state index in [9.17, 15) is 0 Å². The van der Waals surface area contributed by atoms with E-state index in [1.54, 1.807) is 0 Å². The van der Waals surface area contributed by atoms with Crippen molar-refractivity contribution in [2.24, 2.45) is 13.0 Å². The summed E-state index contributed by atoms with van der Waals surface area (Å²) in [7, 11) is 2.01. The molecule has 0 aliphatic heterocycles. The number of nitrogens with one attached hydrogen (secondary N) is 1. The van der Waals surface area contributed by atoms with Crippen molar-refractivity contribution in [2.75, 3.05) is 0 Å². The third kappa shape index (κ3) is 3.83. The van der Waals surface area contributed by atoms with Gasteiger partial charge < -0.3 is 5.32 Å². The number of hydrogen-bond donors (Lipinski definition) is 1. The molecule has 3 heteroatoms. The Labute approximate surface area is 122 Å². The maximum Gasteiger partial charge on any atom is 0.0841 e. The normalized spacial score (nSPS) is 13.2. The highest BCUT2D eigenvalue weighted by Crippen LogP contribution is 2.17. The lowest BCUT2D eigenvalue weighted by Gasteiger charge is -2.13. The molecule has 2 rings (SSSR count). The molecule has 110 valence electrons. The van der Waals surface area contributed by atoms with Crippen LogP contribution in [0, 0.1) is 5.92 Å². The van der Waals surface area contributed by atoms with E-state index in [2.05, 4.69) is 55.5 Å². The lowest BCUT2D eigenvalue weighted by Crippen LogP contribution is -2.25. The molecule has 0 saturated carbocycles. The molecule has 1 heterocycles. The summed E-state index contributed by atoms with van der Waals surface area (Å²) in [6.45, 7) is 7.70. The van der Waals surface area contributed by atoms with Gasteiger partial charge in [0.05, 0.1) is 11.2 Å². The van der Waals surface area contributed by atoms with Gasteiger partial charge in [0.15, 0.2) is 0 Å². The molecule has 2 aromatic rings. The Kier molecular flexibility index (Phi) is 5.18. The van der Waals surface area contributed by atoms with Crippen molar-refractivity contribution < 1.29 is 0 Å². The Balaban J connectivity index is 1.89. The molecule has 0 saturated heterocycles. The van der Waals surface area contributed by atoms with Gasteiger partial charge in [0.1, 0.15) is 0 Å². The summed E-state index contributed by atoms with van der Waals surface area (Å²) in [5.41, 5.74) is 2.36. The number of nitrogens with zero attached hydrogens (tertiary/aromatic N) is 2. The van der Waals surface area contributed by atoms with Gasteiger partial charge in [-0.05, 0) is 25.3 Å². The Morgan fingerprint density at radius 2 is 1.90 bits per heavy atom. The molecule has 0 spiro atoms. The van der Waals surface area contributed by atoms with Gasteiger partial charge in [-0.15, -0.1) is 0 Å². The first-order chi connectivity index (χ1) is 9.58. The van der Waals surface area contributed by atoms with Crippen molar-refractivity contribution in [1.29, 1.82) is 0 Å². The molecule has 20 heavy (non-hydrogen) atoms. The predicted octanol–water partition coefficient (Wildman–Crippen LogP) is 3.88. The summed E-state index contributed by atoms with van der Waals surface area (Å²) in [5, 5.41) is 9.49. The number of para-hydroxylation sites is 1. The highest BCUT2D eigenvalue weighted by molar-refractivity contribution is 5.81. The van der Waals surface area contributed by atoms with Crippen LogP contribution in [-0.4, -0.2) is 15.8 Å². The summed E-state index contributed by atoms with van der Waals surface area (Å²) in [4.78, 5) is 0. The molecule has 1 aromatic carbocycles. The van der Waals surface area contributed by atoms with Crippen molar-refractivity contribution in [3.63, 3.8) is 0 Å². The molecule has 0 radical (unpaired) electrons. The van der Waals surface area contributed by atoms with Gasteiger partial charge in [-0.1, -0.05) is 44.9 Å². The molecular weight excluding hydrogens is 246 g/mol. The standard InChI is InChI=1S/C17H27N3/c1-13(2)8-7-9-14(3)18-12-16-15-10-5-6-11-17(15)20(4)19-16/h5-6,10-11,13-14,18H,7-9,12H2,1-4H3. The van der Waals surface area contributed by atoms with E-state index < -0.39 is 0 Å². The average molecular weight is 273 g/mol. The van der Waals surface area contributed by atoms with E-state index in [0.717, 1.165) is 18.2 Å². The largest absolute Gasteiger partial charge is 0.309 e. The monoisotopic (exact) mass is 273 g/mol. The minimum absolute atomic E-state index is 0.550. The molecule has 1 N–H and O–H groups in total. The SMILES string of the molecule is CC(C)CCCC(C)NCc1nn(C)c2ccccc12. The molecule has 0 fully saturated rings. The zero-order valence-electron chi connectivity index (χ0n) is 13.2. The first-order valence-corrected chi connectivity index (χ1v) is 7.72. The van der Waals surface area contributed by atoms with Gasteiger partial charge in [-0.2, -0.15) is 5.10 Å². The lowest BCUT2D eigenvalue weighted by molar-refractivity contribution is 0.455. The average Bonchev–Trinajstić information content (AvgIpc) is 2.73. The smallest absolute Gasteiger partial charge is 0.0841 e.